The molecule has 0 heterocycles. The molecule has 0 aliphatic carbocycles. The lowest BCUT2D eigenvalue weighted by Crippen LogP contribution is -2.63. The summed E-state index contributed by atoms with van der Waals surface area (Å²) in [6.07, 6.45) is 0. The Hall–Kier alpha value is 2.48. The monoisotopic (exact) mass is 1040 g/mol. The van der Waals surface area contributed by atoms with Gasteiger partial charge in [-0.1, -0.05) is 0 Å². The van der Waals surface area contributed by atoms with Gasteiger partial charge in [0.25, 0.3) is 0 Å². The SMILES string of the molecule is C[SiH](C)O[Si](C)(C)O[Si](C)(C)O[Si](C)(C)O[Si](C)(C)O[Si](C)(C)O[Si](C)(C)O[Si](C)(C)O[Si](C)(C)O[Si](C)(C)O[Si](C)(C)O[Si](C)(C)O[Si](C)(C)O[Si](C)(C)O. The van der Waals surface area contributed by atoms with E-state index >= 15 is 0 Å². The van der Waals surface area contributed by atoms with Crippen LogP contribution in [0.15, 0.2) is 0 Å². The van der Waals surface area contributed by atoms with Crippen LogP contribution in [0, 0.1) is 0 Å². The van der Waals surface area contributed by atoms with E-state index in [1.54, 1.807) is 13.1 Å². The summed E-state index contributed by atoms with van der Waals surface area (Å²) in [5.74, 6) is 0. The Balaban J connectivity index is 5.63. The van der Waals surface area contributed by atoms with Crippen LogP contribution in [-0.2, 0) is 53.5 Å². The highest BCUT2D eigenvalue weighted by Gasteiger charge is 2.52. The van der Waals surface area contributed by atoms with Crippen molar-refractivity contribution >= 4 is 120 Å². The average molecular weight is 1040 g/mol. The lowest BCUT2D eigenvalue weighted by molar-refractivity contribution is 0.251. The zero-order chi connectivity index (χ0) is 45.3. The largest absolute Gasteiger partial charge is 0.440 e. The van der Waals surface area contributed by atoms with Crippen LogP contribution >= 0.6 is 0 Å². The first-order chi connectivity index (χ1) is 23.9. The number of rotatable bonds is 26. The van der Waals surface area contributed by atoms with E-state index in [0.29, 0.717) is 0 Å². The molecule has 0 aromatic heterocycles. The summed E-state index contributed by atoms with van der Waals surface area (Å²) in [5, 5.41) is 0. The van der Waals surface area contributed by atoms with E-state index in [-0.39, 0.29) is 0 Å². The smallest absolute Gasteiger partial charge is 0.320 e. The highest BCUT2D eigenvalue weighted by Crippen LogP contribution is 2.32. The first kappa shape index (κ1) is 58.5. The molecule has 0 aromatic rings. The van der Waals surface area contributed by atoms with Crippen molar-refractivity contribution in [2.24, 2.45) is 0 Å². The van der Waals surface area contributed by atoms with Gasteiger partial charge in [0.1, 0.15) is 0 Å². The summed E-state index contributed by atoms with van der Waals surface area (Å²) in [7, 11) is -36.1. The second-order valence-electron chi connectivity index (χ2n) is 20.6. The van der Waals surface area contributed by atoms with Crippen molar-refractivity contribution in [1.29, 1.82) is 0 Å². The molecule has 1 N–H and O–H groups in total. The first-order valence-corrected chi connectivity index (χ1v) is 59.2. The van der Waals surface area contributed by atoms with E-state index in [9.17, 15) is 4.80 Å². The van der Waals surface area contributed by atoms with Gasteiger partial charge in [-0.15, -0.1) is 0 Å². The molecule has 0 aliphatic heterocycles. The van der Waals surface area contributed by atoms with E-state index in [1.165, 1.54) is 0 Å². The van der Waals surface area contributed by atoms with Crippen LogP contribution in [0.25, 0.3) is 0 Å². The van der Waals surface area contributed by atoms with Gasteiger partial charge in [0, 0.05) is 0 Å². The second kappa shape index (κ2) is 19.7. The Morgan fingerprint density at radius 3 is 0.482 bits per heavy atom. The molecule has 0 radical (unpaired) electrons. The third-order valence-electron chi connectivity index (χ3n) is 6.42. The third kappa shape index (κ3) is 27.5. The van der Waals surface area contributed by atoms with E-state index in [0.717, 1.165) is 0 Å². The van der Waals surface area contributed by atoms with Crippen LogP contribution in [0.3, 0.4) is 0 Å². The normalized spacial score (nSPS) is 16.0. The Bertz CT molecular complexity index is 1260. The maximum absolute atomic E-state index is 10.4. The zero-order valence-corrected chi connectivity index (χ0v) is 55.0. The standard InChI is InChI=1S/C28H86O14Si14/c1-43(2)30-45(5,6)32-47(9,10)34-49(13,14)36-51(17,18)38-53(21,22)40-55(25,26)42-56(27,28)41-54(23,24)39-52(19,20)37-50(15,16)35-48(11,12)33-46(7,8)31-44(3,4)29/h29,43H,1-28H3. The Morgan fingerprint density at radius 1 is 0.232 bits per heavy atom. The maximum atomic E-state index is 10.4. The summed E-state index contributed by atoms with van der Waals surface area (Å²) in [6, 6.07) is 0. The third-order valence-corrected chi connectivity index (χ3v) is 57.8. The Kier molecular flexibility index (Phi) is 20.6. The molecule has 0 fully saturated rings. The highest BCUT2D eigenvalue weighted by molar-refractivity contribution is 6.94. The van der Waals surface area contributed by atoms with Crippen molar-refractivity contribution in [3.8, 4) is 0 Å². The van der Waals surface area contributed by atoms with Crippen molar-refractivity contribution in [3.05, 3.63) is 0 Å². The molecule has 0 bridgehead atoms. The molecule has 28 heteroatoms. The fourth-order valence-corrected chi connectivity index (χ4v) is 76.0. The topological polar surface area (TPSA) is 140 Å². The molecule has 56 heavy (non-hydrogen) atoms. The van der Waals surface area contributed by atoms with Crippen molar-refractivity contribution in [1.82, 2.24) is 0 Å². The lowest BCUT2D eigenvalue weighted by atomic mass is 11.9. The summed E-state index contributed by atoms with van der Waals surface area (Å²) in [4.78, 5) is 10.4. The molecule has 0 saturated carbocycles. The number of hydrogen-bond donors (Lipinski definition) is 1. The van der Waals surface area contributed by atoms with Gasteiger partial charge in [-0.3, -0.25) is 0 Å². The Morgan fingerprint density at radius 2 is 0.357 bits per heavy atom. The van der Waals surface area contributed by atoms with Crippen molar-refractivity contribution < 1.29 is 58.3 Å². The molecule has 0 spiro atoms. The first-order valence-electron chi connectivity index (χ1n) is 19.7. The molecule has 0 aliphatic rings. The summed E-state index contributed by atoms with van der Waals surface area (Å²) < 4.78 is 86.2. The molecule has 0 saturated heterocycles. The zero-order valence-electron chi connectivity index (χ0n) is 40.8. The molecule has 0 atom stereocenters. The molecule has 14 nitrogen and oxygen atoms in total. The van der Waals surface area contributed by atoms with Gasteiger partial charge >= 0.3 is 111 Å². The van der Waals surface area contributed by atoms with Gasteiger partial charge in [-0.2, -0.15) is 0 Å². The lowest BCUT2D eigenvalue weighted by Gasteiger charge is -2.45. The van der Waals surface area contributed by atoms with E-state index < -0.39 is 120 Å². The van der Waals surface area contributed by atoms with Crippen LogP contribution in [0.2, 0.25) is 183 Å². The van der Waals surface area contributed by atoms with Crippen molar-refractivity contribution in [2.45, 2.75) is 183 Å². The second-order valence-corrected chi connectivity index (χ2v) is 70.0. The number of hydrogen-bond acceptors (Lipinski definition) is 14. The molecular weight excluding hydrogens is 953 g/mol. The van der Waals surface area contributed by atoms with Crippen LogP contribution < -0.4 is 0 Å². The predicted octanol–water partition coefficient (Wildman–Crippen LogP) is 9.30. The minimum absolute atomic E-state index is 1.24. The molecule has 0 amide bonds. The quantitative estimate of drug-likeness (QED) is 0.0823. The van der Waals surface area contributed by atoms with Crippen LogP contribution in [-0.4, -0.2) is 125 Å². The fourth-order valence-electron chi connectivity index (χ4n) is 7.93. The van der Waals surface area contributed by atoms with E-state index in [4.69, 9.17) is 53.5 Å². The van der Waals surface area contributed by atoms with Gasteiger partial charge < -0.3 is 58.3 Å². The van der Waals surface area contributed by atoms with Crippen LogP contribution in [0.1, 0.15) is 0 Å². The highest BCUT2D eigenvalue weighted by atomic mass is 28.5. The van der Waals surface area contributed by atoms with E-state index in [2.05, 4.69) is 91.7 Å². The van der Waals surface area contributed by atoms with Crippen molar-refractivity contribution in [2.75, 3.05) is 0 Å². The summed E-state index contributed by atoms with van der Waals surface area (Å²) in [6.45, 7) is 56.8. The fraction of sp³-hybridized carbons (Fsp3) is 1.00. The minimum Gasteiger partial charge on any atom is -0.440 e. The van der Waals surface area contributed by atoms with Gasteiger partial charge in [0.15, 0.2) is 9.04 Å². The van der Waals surface area contributed by atoms with E-state index in [1.807, 2.05) is 78.6 Å². The maximum Gasteiger partial charge on any atom is 0.320 e. The van der Waals surface area contributed by atoms with Gasteiger partial charge in [0.2, 0.25) is 0 Å². The molecule has 338 valence electrons. The average Bonchev–Trinajstić information content (AvgIpc) is 2.64. The predicted molar refractivity (Wildman–Crippen MR) is 262 cm³/mol. The summed E-state index contributed by atoms with van der Waals surface area (Å²) >= 11 is 0. The van der Waals surface area contributed by atoms with Gasteiger partial charge in [0.05, 0.1) is 0 Å². The molecule has 0 unspecified atom stereocenters. The van der Waals surface area contributed by atoms with Crippen molar-refractivity contribution in [3.63, 3.8) is 0 Å². The molecule has 0 rings (SSSR count). The molecule has 0 aromatic carbocycles. The molecular formula is C28H86O14Si14. The van der Waals surface area contributed by atoms with Crippen LogP contribution in [0.4, 0.5) is 0 Å². The van der Waals surface area contributed by atoms with Gasteiger partial charge in [-0.05, 0) is 183 Å². The Labute approximate surface area is 359 Å². The van der Waals surface area contributed by atoms with Crippen LogP contribution in [0.5, 0.6) is 0 Å². The van der Waals surface area contributed by atoms with Gasteiger partial charge in [-0.25, -0.2) is 0 Å². The summed E-state index contributed by atoms with van der Waals surface area (Å²) in [5.41, 5.74) is 0. The minimum atomic E-state index is -2.77.